The molecule has 4 rings (SSSR count). The first-order valence-electron chi connectivity index (χ1n) is 10.8. The fraction of sp³-hybridized carbons (Fsp3) is 0.360. The second-order valence-electron chi connectivity index (χ2n) is 8.09. The van der Waals surface area contributed by atoms with E-state index in [4.69, 9.17) is 10.5 Å². The number of aromatic nitrogens is 1. The van der Waals surface area contributed by atoms with Crippen molar-refractivity contribution in [2.24, 2.45) is 5.92 Å². The number of amides is 1. The molecular weight excluding hydrogens is 374 g/mol. The molecule has 0 aliphatic heterocycles. The van der Waals surface area contributed by atoms with Crippen molar-refractivity contribution in [1.82, 2.24) is 9.88 Å². The highest BCUT2D eigenvalue weighted by molar-refractivity contribution is 5.83. The van der Waals surface area contributed by atoms with E-state index in [1.54, 1.807) is 0 Å². The van der Waals surface area contributed by atoms with E-state index in [0.717, 1.165) is 47.5 Å². The predicted molar refractivity (Wildman–Crippen MR) is 121 cm³/mol. The summed E-state index contributed by atoms with van der Waals surface area (Å²) in [5, 5.41) is 0.962. The largest absolute Gasteiger partial charge is 0.457 e. The van der Waals surface area contributed by atoms with Crippen LogP contribution in [0.25, 0.3) is 10.9 Å². The first kappa shape index (κ1) is 20.2. The predicted octanol–water partition coefficient (Wildman–Crippen LogP) is 5.19. The molecule has 1 saturated carbocycles. The van der Waals surface area contributed by atoms with Crippen LogP contribution in [0.4, 0.5) is 5.82 Å². The molecule has 3 aromatic rings. The summed E-state index contributed by atoms with van der Waals surface area (Å²) in [4.78, 5) is 19.3. The number of carbonyl (C=O) groups is 1. The Balaban J connectivity index is 1.47. The summed E-state index contributed by atoms with van der Waals surface area (Å²) in [6, 6.07) is 17.5. The van der Waals surface area contributed by atoms with Crippen LogP contribution in [0.3, 0.4) is 0 Å². The normalized spacial score (nSPS) is 13.4. The van der Waals surface area contributed by atoms with Gasteiger partial charge in [0.25, 0.3) is 0 Å². The number of benzene rings is 2. The van der Waals surface area contributed by atoms with E-state index >= 15 is 0 Å². The molecule has 1 aliphatic carbocycles. The number of nitrogens with zero attached hydrogens (tertiary/aromatic N) is 2. The third-order valence-corrected chi connectivity index (χ3v) is 5.51. The molecule has 156 valence electrons. The van der Waals surface area contributed by atoms with Crippen LogP contribution < -0.4 is 10.5 Å². The monoisotopic (exact) mass is 403 g/mol. The summed E-state index contributed by atoms with van der Waals surface area (Å²) in [7, 11) is 0. The minimum Gasteiger partial charge on any atom is -0.457 e. The number of aryl methyl sites for hydroxylation is 1. The van der Waals surface area contributed by atoms with Gasteiger partial charge in [0.1, 0.15) is 17.3 Å². The molecule has 0 bridgehead atoms. The number of anilines is 1. The number of hydrogen-bond donors (Lipinski definition) is 1. The first-order valence-corrected chi connectivity index (χ1v) is 10.8. The number of ether oxygens (including phenoxy) is 1. The molecule has 1 aliphatic rings. The van der Waals surface area contributed by atoms with Gasteiger partial charge in [-0.3, -0.25) is 4.79 Å². The van der Waals surface area contributed by atoms with Gasteiger partial charge in [-0.15, -0.1) is 0 Å². The summed E-state index contributed by atoms with van der Waals surface area (Å²) in [6.45, 7) is 3.85. The number of nitrogen functional groups attached to an aromatic ring is 1. The minimum absolute atomic E-state index is 0.212. The zero-order valence-corrected chi connectivity index (χ0v) is 17.5. The van der Waals surface area contributed by atoms with Gasteiger partial charge >= 0.3 is 0 Å². The number of carbonyl (C=O) groups excluding carboxylic acids is 1. The van der Waals surface area contributed by atoms with Gasteiger partial charge < -0.3 is 15.4 Å². The lowest BCUT2D eigenvalue weighted by Crippen LogP contribution is -2.33. The van der Waals surface area contributed by atoms with Gasteiger partial charge in [0.05, 0.1) is 5.52 Å². The SMILES string of the molecule is CCCN(CC1CC1)C(=O)CCc1cc2cc(Oc3ccccc3)ccc2nc1N. The fourth-order valence-electron chi connectivity index (χ4n) is 3.70. The molecule has 0 atom stereocenters. The van der Waals surface area contributed by atoms with Crippen LogP contribution in [0.2, 0.25) is 0 Å². The average Bonchev–Trinajstić information content (AvgIpc) is 3.57. The maximum Gasteiger partial charge on any atom is 0.222 e. The summed E-state index contributed by atoms with van der Waals surface area (Å²) in [5.74, 6) is 2.95. The lowest BCUT2D eigenvalue weighted by atomic mass is 10.1. The van der Waals surface area contributed by atoms with Crippen molar-refractivity contribution < 1.29 is 9.53 Å². The Morgan fingerprint density at radius 1 is 1.13 bits per heavy atom. The number of rotatable bonds is 9. The maximum atomic E-state index is 12.7. The molecule has 5 nitrogen and oxygen atoms in total. The second-order valence-corrected chi connectivity index (χ2v) is 8.09. The van der Waals surface area contributed by atoms with Gasteiger partial charge in [-0.1, -0.05) is 25.1 Å². The Morgan fingerprint density at radius 2 is 1.93 bits per heavy atom. The van der Waals surface area contributed by atoms with Crippen molar-refractivity contribution in [3.63, 3.8) is 0 Å². The summed E-state index contributed by atoms with van der Waals surface area (Å²) < 4.78 is 5.94. The van der Waals surface area contributed by atoms with Crippen LogP contribution in [-0.2, 0) is 11.2 Å². The van der Waals surface area contributed by atoms with E-state index in [-0.39, 0.29) is 5.91 Å². The molecule has 0 radical (unpaired) electrons. The van der Waals surface area contributed by atoms with Crippen molar-refractivity contribution in [1.29, 1.82) is 0 Å². The molecule has 30 heavy (non-hydrogen) atoms. The number of para-hydroxylation sites is 1. The third-order valence-electron chi connectivity index (χ3n) is 5.51. The van der Waals surface area contributed by atoms with Crippen molar-refractivity contribution >= 4 is 22.6 Å². The number of pyridine rings is 1. The van der Waals surface area contributed by atoms with Crippen molar-refractivity contribution in [2.45, 2.75) is 39.0 Å². The molecule has 1 fully saturated rings. The Bertz CT molecular complexity index is 1020. The smallest absolute Gasteiger partial charge is 0.222 e. The summed E-state index contributed by atoms with van der Waals surface area (Å²) in [6.07, 6.45) is 4.56. The molecule has 5 heteroatoms. The minimum atomic E-state index is 0.212. The molecule has 1 heterocycles. The van der Waals surface area contributed by atoms with E-state index in [1.807, 2.05) is 59.5 Å². The number of hydrogen-bond acceptors (Lipinski definition) is 4. The fourth-order valence-corrected chi connectivity index (χ4v) is 3.70. The zero-order valence-electron chi connectivity index (χ0n) is 17.5. The topological polar surface area (TPSA) is 68.5 Å². The standard InChI is InChI=1S/C25H29N3O2/c1-2-14-28(17-18-8-9-18)24(29)13-10-19-15-20-16-22(11-12-23(20)27-25(19)26)30-21-6-4-3-5-7-21/h3-7,11-12,15-16,18H,2,8-10,13-14,17H2,1H3,(H2,26,27). The van der Waals surface area contributed by atoms with Crippen LogP contribution in [0, 0.1) is 5.92 Å². The Hall–Kier alpha value is -3.08. The van der Waals surface area contributed by atoms with Crippen molar-refractivity contribution in [3.05, 3.63) is 60.2 Å². The number of nitrogens with two attached hydrogens (primary N) is 1. The molecule has 1 amide bonds. The van der Waals surface area contributed by atoms with Gasteiger partial charge in [0.2, 0.25) is 5.91 Å². The zero-order chi connectivity index (χ0) is 20.9. The molecule has 0 saturated heterocycles. The van der Waals surface area contributed by atoms with Gasteiger partial charge in [0, 0.05) is 24.9 Å². The van der Waals surface area contributed by atoms with Gasteiger partial charge in [0.15, 0.2) is 0 Å². The van der Waals surface area contributed by atoms with E-state index in [0.29, 0.717) is 24.6 Å². The van der Waals surface area contributed by atoms with Gasteiger partial charge in [-0.25, -0.2) is 4.98 Å². The van der Waals surface area contributed by atoms with E-state index < -0.39 is 0 Å². The van der Waals surface area contributed by atoms with Crippen molar-refractivity contribution in [3.8, 4) is 11.5 Å². The van der Waals surface area contributed by atoms with E-state index in [2.05, 4.69) is 11.9 Å². The van der Waals surface area contributed by atoms with Gasteiger partial charge in [-0.05, 0) is 73.6 Å². The Morgan fingerprint density at radius 3 is 2.67 bits per heavy atom. The highest BCUT2D eigenvalue weighted by atomic mass is 16.5. The Labute approximate surface area is 177 Å². The second kappa shape index (κ2) is 9.16. The molecular formula is C25H29N3O2. The van der Waals surface area contributed by atoms with Crippen LogP contribution >= 0.6 is 0 Å². The highest BCUT2D eigenvalue weighted by Gasteiger charge is 2.26. The molecule has 1 aromatic heterocycles. The first-order chi connectivity index (χ1) is 14.6. The quantitative estimate of drug-likeness (QED) is 0.534. The maximum absolute atomic E-state index is 12.7. The highest BCUT2D eigenvalue weighted by Crippen LogP contribution is 2.30. The molecule has 2 N–H and O–H groups in total. The lowest BCUT2D eigenvalue weighted by Gasteiger charge is -2.22. The third kappa shape index (κ3) is 5.09. The van der Waals surface area contributed by atoms with Crippen LogP contribution in [-0.4, -0.2) is 28.9 Å². The molecule has 0 spiro atoms. The molecule has 0 unspecified atom stereocenters. The van der Waals surface area contributed by atoms with E-state index in [1.165, 1.54) is 12.8 Å². The van der Waals surface area contributed by atoms with E-state index in [9.17, 15) is 4.79 Å². The van der Waals surface area contributed by atoms with Crippen molar-refractivity contribution in [2.75, 3.05) is 18.8 Å². The number of fused-ring (bicyclic) bond motifs is 1. The van der Waals surface area contributed by atoms with Crippen LogP contribution in [0.15, 0.2) is 54.6 Å². The summed E-state index contributed by atoms with van der Waals surface area (Å²) in [5.41, 5.74) is 7.93. The average molecular weight is 404 g/mol. The molecule has 2 aromatic carbocycles. The van der Waals surface area contributed by atoms with Gasteiger partial charge in [-0.2, -0.15) is 0 Å². The Kier molecular flexibility index (Phi) is 6.17. The summed E-state index contributed by atoms with van der Waals surface area (Å²) >= 11 is 0. The van der Waals surface area contributed by atoms with Crippen LogP contribution in [0.5, 0.6) is 11.5 Å². The lowest BCUT2D eigenvalue weighted by molar-refractivity contribution is -0.131. The van der Waals surface area contributed by atoms with Crippen LogP contribution in [0.1, 0.15) is 38.2 Å².